The summed E-state index contributed by atoms with van der Waals surface area (Å²) in [5.74, 6) is 1.25. The molecule has 2 amide bonds. The first-order valence-electron chi connectivity index (χ1n) is 8.82. The van der Waals surface area contributed by atoms with Crippen LogP contribution in [0.2, 0.25) is 0 Å². The van der Waals surface area contributed by atoms with Gasteiger partial charge in [-0.2, -0.15) is 11.8 Å². The summed E-state index contributed by atoms with van der Waals surface area (Å²) < 4.78 is 0.739. The number of likely N-dealkylation sites (N-methyl/N-ethyl adjacent to an activating group) is 1. The summed E-state index contributed by atoms with van der Waals surface area (Å²) in [6, 6.07) is 6.81. The van der Waals surface area contributed by atoms with Crippen molar-refractivity contribution in [2.75, 3.05) is 25.6 Å². The van der Waals surface area contributed by atoms with Crippen molar-refractivity contribution in [1.29, 1.82) is 0 Å². The number of carbonyl (C=O) groups excluding carboxylic acids is 2. The fraction of sp³-hybridized carbons (Fsp3) is 0.579. The second-order valence-corrected chi connectivity index (χ2v) is 8.50. The molecule has 0 heterocycles. The molecule has 0 radical (unpaired) electrons. The Morgan fingerprint density at radius 2 is 2.00 bits per heavy atom. The molecule has 1 saturated carbocycles. The maximum Gasteiger partial charge on any atom is 0.253 e. The summed E-state index contributed by atoms with van der Waals surface area (Å²) in [4.78, 5) is 27.3. The largest absolute Gasteiger partial charge is 0.344 e. The molecule has 1 aliphatic carbocycles. The molecule has 2 rings (SSSR count). The third-order valence-electron chi connectivity index (χ3n) is 4.72. The van der Waals surface area contributed by atoms with Gasteiger partial charge in [0.05, 0.1) is 5.56 Å². The van der Waals surface area contributed by atoms with Gasteiger partial charge < -0.3 is 10.2 Å². The molecular formula is C19H27BrN2O2S. The molecule has 1 N–H and O–H groups in total. The van der Waals surface area contributed by atoms with Crippen molar-refractivity contribution in [2.24, 2.45) is 5.92 Å². The highest BCUT2D eigenvalue weighted by Gasteiger charge is 2.27. The van der Waals surface area contributed by atoms with Gasteiger partial charge in [-0.25, -0.2) is 0 Å². The minimum Gasteiger partial charge on any atom is -0.344 e. The Labute approximate surface area is 163 Å². The predicted octanol–water partition coefficient (Wildman–Crippen LogP) is 3.95. The fourth-order valence-corrected chi connectivity index (χ4v) is 4.25. The van der Waals surface area contributed by atoms with Crippen LogP contribution in [-0.2, 0) is 4.79 Å². The van der Waals surface area contributed by atoms with Crippen LogP contribution < -0.4 is 5.32 Å². The average molecular weight is 427 g/mol. The molecule has 1 unspecified atom stereocenters. The Bertz CT molecular complexity index is 591. The molecule has 1 fully saturated rings. The van der Waals surface area contributed by atoms with E-state index in [1.54, 1.807) is 22.7 Å². The van der Waals surface area contributed by atoms with Gasteiger partial charge in [-0.1, -0.05) is 25.0 Å². The van der Waals surface area contributed by atoms with Crippen LogP contribution in [0.5, 0.6) is 0 Å². The van der Waals surface area contributed by atoms with E-state index < -0.39 is 6.04 Å². The molecule has 25 heavy (non-hydrogen) atoms. The monoisotopic (exact) mass is 426 g/mol. The molecular weight excluding hydrogens is 400 g/mol. The van der Waals surface area contributed by atoms with Gasteiger partial charge >= 0.3 is 0 Å². The fourth-order valence-electron chi connectivity index (χ4n) is 3.31. The van der Waals surface area contributed by atoms with Gasteiger partial charge in [-0.05, 0) is 65.3 Å². The maximum absolute atomic E-state index is 12.9. The summed E-state index contributed by atoms with van der Waals surface area (Å²) in [5, 5.41) is 2.94. The van der Waals surface area contributed by atoms with Crippen molar-refractivity contribution < 1.29 is 9.59 Å². The average Bonchev–Trinajstić information content (AvgIpc) is 3.11. The van der Waals surface area contributed by atoms with Crippen LogP contribution in [0.3, 0.4) is 0 Å². The smallest absolute Gasteiger partial charge is 0.253 e. The lowest BCUT2D eigenvalue weighted by Gasteiger charge is -2.27. The van der Waals surface area contributed by atoms with E-state index in [9.17, 15) is 9.59 Å². The third kappa shape index (κ3) is 6.03. The Hall–Kier alpha value is -1.01. The van der Waals surface area contributed by atoms with Crippen molar-refractivity contribution >= 4 is 39.5 Å². The van der Waals surface area contributed by atoms with E-state index in [4.69, 9.17) is 0 Å². The zero-order valence-electron chi connectivity index (χ0n) is 15.0. The number of amides is 2. The second kappa shape index (κ2) is 10.2. The second-order valence-electron chi connectivity index (χ2n) is 6.66. The summed E-state index contributed by atoms with van der Waals surface area (Å²) in [5.41, 5.74) is 0.558. The van der Waals surface area contributed by atoms with Crippen molar-refractivity contribution in [2.45, 2.75) is 38.1 Å². The van der Waals surface area contributed by atoms with Gasteiger partial charge in [-0.3, -0.25) is 9.59 Å². The van der Waals surface area contributed by atoms with Gasteiger partial charge in [0.2, 0.25) is 5.91 Å². The minimum absolute atomic E-state index is 0.0151. The number of hydrogen-bond donors (Lipinski definition) is 1. The van der Waals surface area contributed by atoms with Crippen molar-refractivity contribution in [3.8, 4) is 0 Å². The number of rotatable bonds is 8. The van der Waals surface area contributed by atoms with Gasteiger partial charge in [0.15, 0.2) is 0 Å². The van der Waals surface area contributed by atoms with Crippen LogP contribution in [0.25, 0.3) is 0 Å². The molecule has 1 atom stereocenters. The van der Waals surface area contributed by atoms with Crippen LogP contribution in [-0.4, -0.2) is 48.4 Å². The normalized spacial score (nSPS) is 15.8. The molecule has 1 aromatic carbocycles. The molecule has 0 saturated heterocycles. The van der Waals surface area contributed by atoms with Crippen molar-refractivity contribution in [3.05, 3.63) is 34.3 Å². The van der Waals surface area contributed by atoms with Crippen LogP contribution in [0.15, 0.2) is 28.7 Å². The predicted molar refractivity (Wildman–Crippen MR) is 108 cm³/mol. The Balaban J connectivity index is 2.02. The highest BCUT2D eigenvalue weighted by Crippen LogP contribution is 2.25. The number of hydrogen-bond acceptors (Lipinski definition) is 3. The summed E-state index contributed by atoms with van der Waals surface area (Å²) >= 11 is 5.09. The molecule has 0 spiro atoms. The first-order valence-corrected chi connectivity index (χ1v) is 11.0. The van der Waals surface area contributed by atoms with E-state index in [2.05, 4.69) is 21.2 Å². The lowest BCUT2D eigenvalue weighted by molar-refractivity contribution is -0.132. The molecule has 6 heteroatoms. The van der Waals surface area contributed by atoms with E-state index in [1.807, 2.05) is 31.5 Å². The number of nitrogens with one attached hydrogen (secondary N) is 1. The summed E-state index contributed by atoms with van der Waals surface area (Å²) in [6.45, 7) is 0.791. The lowest BCUT2D eigenvalue weighted by atomic mass is 10.1. The van der Waals surface area contributed by atoms with Gasteiger partial charge in [0.25, 0.3) is 5.91 Å². The Morgan fingerprint density at radius 3 is 2.64 bits per heavy atom. The topological polar surface area (TPSA) is 49.4 Å². The van der Waals surface area contributed by atoms with Gasteiger partial charge in [-0.15, -0.1) is 0 Å². The lowest BCUT2D eigenvalue weighted by Crippen LogP contribution is -2.48. The molecule has 0 aliphatic heterocycles. The minimum atomic E-state index is -0.474. The summed E-state index contributed by atoms with van der Waals surface area (Å²) in [7, 11) is 1.86. The van der Waals surface area contributed by atoms with Gasteiger partial charge in [0.1, 0.15) is 6.04 Å². The number of benzene rings is 1. The number of halogens is 1. The van der Waals surface area contributed by atoms with Crippen LogP contribution >= 0.6 is 27.7 Å². The molecule has 4 nitrogen and oxygen atoms in total. The van der Waals surface area contributed by atoms with E-state index >= 15 is 0 Å². The molecule has 138 valence electrons. The standard InChI is InChI=1S/C19H27BrN2O2S/c1-22(13-14-7-3-4-8-14)19(24)17(11-12-25-2)21-18(23)15-9-5-6-10-16(15)20/h5-6,9-10,14,17H,3-4,7-8,11-13H2,1-2H3,(H,21,23). The van der Waals surface area contributed by atoms with E-state index in [-0.39, 0.29) is 11.8 Å². The SMILES string of the molecule is CSCCC(NC(=O)c1ccccc1Br)C(=O)N(C)CC1CCCC1. The highest BCUT2D eigenvalue weighted by molar-refractivity contribution is 9.10. The maximum atomic E-state index is 12.9. The summed E-state index contributed by atoms with van der Waals surface area (Å²) in [6.07, 6.45) is 7.60. The zero-order valence-corrected chi connectivity index (χ0v) is 17.4. The molecule has 1 aromatic rings. The van der Waals surface area contributed by atoms with Crippen LogP contribution in [0.4, 0.5) is 0 Å². The van der Waals surface area contributed by atoms with E-state index in [0.717, 1.165) is 16.8 Å². The van der Waals surface area contributed by atoms with E-state index in [1.165, 1.54) is 25.7 Å². The van der Waals surface area contributed by atoms with Crippen LogP contribution in [0, 0.1) is 5.92 Å². The molecule has 1 aliphatic rings. The number of carbonyl (C=O) groups is 2. The highest BCUT2D eigenvalue weighted by atomic mass is 79.9. The number of thioether (sulfide) groups is 1. The molecule has 0 bridgehead atoms. The zero-order chi connectivity index (χ0) is 18.2. The van der Waals surface area contributed by atoms with Crippen LogP contribution in [0.1, 0.15) is 42.5 Å². The van der Waals surface area contributed by atoms with Crippen molar-refractivity contribution in [3.63, 3.8) is 0 Å². The third-order valence-corrected chi connectivity index (χ3v) is 6.05. The van der Waals surface area contributed by atoms with E-state index in [0.29, 0.717) is 17.9 Å². The quantitative estimate of drug-likeness (QED) is 0.684. The first-order chi connectivity index (χ1) is 12.0. The Kier molecular flexibility index (Phi) is 8.30. The van der Waals surface area contributed by atoms with Gasteiger partial charge in [0, 0.05) is 18.1 Å². The molecule has 0 aromatic heterocycles. The Morgan fingerprint density at radius 1 is 1.32 bits per heavy atom. The first kappa shape index (κ1) is 20.3. The number of nitrogens with zero attached hydrogens (tertiary/aromatic N) is 1. The van der Waals surface area contributed by atoms with Crippen molar-refractivity contribution in [1.82, 2.24) is 10.2 Å².